The van der Waals surface area contributed by atoms with Crippen LogP contribution >= 0.6 is 0 Å². The van der Waals surface area contributed by atoms with Gasteiger partial charge >= 0.3 is 0 Å². The second-order valence-corrected chi connectivity index (χ2v) is 2.81. The Morgan fingerprint density at radius 2 is 2.09 bits per heavy atom. The summed E-state index contributed by atoms with van der Waals surface area (Å²) in [7, 11) is 0. The van der Waals surface area contributed by atoms with Gasteiger partial charge in [0.25, 0.3) is 0 Å². The monoisotopic (exact) mass is 155 g/mol. The first-order valence-electron chi connectivity index (χ1n) is 4.34. The SMILES string of the molecule is C/C=C/CCN1CCOCC1. The van der Waals surface area contributed by atoms with E-state index >= 15 is 0 Å². The van der Waals surface area contributed by atoms with E-state index in [0.717, 1.165) is 26.3 Å². The Balaban J connectivity index is 2.04. The molecule has 11 heavy (non-hydrogen) atoms. The van der Waals surface area contributed by atoms with Gasteiger partial charge in [-0.3, -0.25) is 4.90 Å². The predicted molar refractivity (Wildman–Crippen MR) is 46.7 cm³/mol. The normalized spacial score (nSPS) is 21.2. The molecule has 1 aliphatic heterocycles. The molecule has 1 saturated heterocycles. The zero-order valence-corrected chi connectivity index (χ0v) is 7.25. The number of hydrogen-bond donors (Lipinski definition) is 0. The minimum atomic E-state index is 0.913. The molecule has 0 N–H and O–H groups in total. The summed E-state index contributed by atoms with van der Waals surface area (Å²) in [6, 6.07) is 0. The molecule has 64 valence electrons. The average molecular weight is 155 g/mol. The fourth-order valence-corrected chi connectivity index (χ4v) is 1.25. The molecule has 1 fully saturated rings. The first-order chi connectivity index (χ1) is 5.43. The molecule has 1 heterocycles. The van der Waals surface area contributed by atoms with Crippen molar-refractivity contribution in [3.8, 4) is 0 Å². The number of allylic oxidation sites excluding steroid dienone is 1. The second kappa shape index (κ2) is 5.33. The molecule has 0 spiro atoms. The summed E-state index contributed by atoms with van der Waals surface area (Å²) in [5.74, 6) is 0. The molecule has 0 aromatic rings. The summed E-state index contributed by atoms with van der Waals surface area (Å²) in [4.78, 5) is 2.45. The maximum atomic E-state index is 5.25. The Morgan fingerprint density at radius 3 is 2.73 bits per heavy atom. The van der Waals surface area contributed by atoms with Crippen LogP contribution in [0.2, 0.25) is 0 Å². The summed E-state index contributed by atoms with van der Waals surface area (Å²) in [5.41, 5.74) is 0. The third-order valence-corrected chi connectivity index (χ3v) is 1.95. The van der Waals surface area contributed by atoms with E-state index in [0.29, 0.717) is 0 Å². The summed E-state index contributed by atoms with van der Waals surface area (Å²) in [6.07, 6.45) is 5.51. The minimum Gasteiger partial charge on any atom is -0.379 e. The van der Waals surface area contributed by atoms with Crippen LogP contribution in [0.5, 0.6) is 0 Å². The van der Waals surface area contributed by atoms with Crippen molar-refractivity contribution in [1.29, 1.82) is 0 Å². The Labute approximate surface area is 68.8 Å². The fourth-order valence-electron chi connectivity index (χ4n) is 1.25. The standard InChI is InChI=1S/C9H17NO/c1-2-3-4-5-10-6-8-11-9-7-10/h2-3H,4-9H2,1H3/b3-2+. The van der Waals surface area contributed by atoms with Crippen LogP contribution in [0.15, 0.2) is 12.2 Å². The van der Waals surface area contributed by atoms with Gasteiger partial charge in [0.2, 0.25) is 0 Å². The highest BCUT2D eigenvalue weighted by Gasteiger charge is 2.07. The van der Waals surface area contributed by atoms with E-state index < -0.39 is 0 Å². The number of rotatable bonds is 3. The van der Waals surface area contributed by atoms with Gasteiger partial charge < -0.3 is 4.74 Å². The van der Waals surface area contributed by atoms with Crippen LogP contribution in [-0.2, 0) is 4.74 Å². The number of hydrogen-bond acceptors (Lipinski definition) is 2. The predicted octanol–water partition coefficient (Wildman–Crippen LogP) is 1.28. The molecule has 0 bridgehead atoms. The molecular formula is C9H17NO. The van der Waals surface area contributed by atoms with Gasteiger partial charge in [0, 0.05) is 19.6 Å². The Bertz CT molecular complexity index is 117. The third kappa shape index (κ3) is 3.54. The van der Waals surface area contributed by atoms with Crippen LogP contribution in [-0.4, -0.2) is 37.7 Å². The topological polar surface area (TPSA) is 12.5 Å². The zero-order chi connectivity index (χ0) is 7.94. The van der Waals surface area contributed by atoms with Gasteiger partial charge in [0.15, 0.2) is 0 Å². The largest absolute Gasteiger partial charge is 0.379 e. The molecule has 0 radical (unpaired) electrons. The molecule has 0 aromatic carbocycles. The Hall–Kier alpha value is -0.340. The summed E-state index contributed by atoms with van der Waals surface area (Å²) in [6.45, 7) is 7.30. The number of morpholine rings is 1. The lowest BCUT2D eigenvalue weighted by Crippen LogP contribution is -2.36. The van der Waals surface area contributed by atoms with Crippen molar-refractivity contribution in [3.63, 3.8) is 0 Å². The summed E-state index contributed by atoms with van der Waals surface area (Å²) in [5, 5.41) is 0. The molecule has 1 aliphatic rings. The Kier molecular flexibility index (Phi) is 4.24. The van der Waals surface area contributed by atoms with Crippen molar-refractivity contribution in [1.82, 2.24) is 4.90 Å². The fraction of sp³-hybridized carbons (Fsp3) is 0.778. The summed E-state index contributed by atoms with van der Waals surface area (Å²) >= 11 is 0. The van der Waals surface area contributed by atoms with E-state index in [1.807, 2.05) is 0 Å². The maximum absolute atomic E-state index is 5.25. The van der Waals surface area contributed by atoms with Crippen LogP contribution < -0.4 is 0 Å². The van der Waals surface area contributed by atoms with Crippen molar-refractivity contribution < 1.29 is 4.74 Å². The van der Waals surface area contributed by atoms with Gasteiger partial charge in [-0.2, -0.15) is 0 Å². The Morgan fingerprint density at radius 1 is 1.36 bits per heavy atom. The van der Waals surface area contributed by atoms with Gasteiger partial charge in [-0.25, -0.2) is 0 Å². The van der Waals surface area contributed by atoms with Crippen molar-refractivity contribution in [3.05, 3.63) is 12.2 Å². The molecule has 0 amide bonds. The van der Waals surface area contributed by atoms with Crippen molar-refractivity contribution in [2.45, 2.75) is 13.3 Å². The van der Waals surface area contributed by atoms with E-state index in [1.54, 1.807) is 0 Å². The van der Waals surface area contributed by atoms with Crippen LogP contribution in [0.1, 0.15) is 13.3 Å². The van der Waals surface area contributed by atoms with E-state index in [1.165, 1.54) is 13.0 Å². The van der Waals surface area contributed by atoms with Gasteiger partial charge in [0.05, 0.1) is 13.2 Å². The molecule has 0 atom stereocenters. The molecule has 1 rings (SSSR count). The van der Waals surface area contributed by atoms with Crippen LogP contribution in [0.3, 0.4) is 0 Å². The first kappa shape index (κ1) is 8.75. The smallest absolute Gasteiger partial charge is 0.0594 e. The molecular weight excluding hydrogens is 138 g/mol. The number of nitrogens with zero attached hydrogens (tertiary/aromatic N) is 1. The van der Waals surface area contributed by atoms with E-state index in [-0.39, 0.29) is 0 Å². The van der Waals surface area contributed by atoms with Crippen LogP contribution in [0.25, 0.3) is 0 Å². The lowest BCUT2D eigenvalue weighted by molar-refractivity contribution is 0.0387. The maximum Gasteiger partial charge on any atom is 0.0594 e. The highest BCUT2D eigenvalue weighted by Crippen LogP contribution is 1.97. The summed E-state index contributed by atoms with van der Waals surface area (Å²) < 4.78 is 5.25. The first-order valence-corrected chi connectivity index (χ1v) is 4.34. The van der Waals surface area contributed by atoms with Gasteiger partial charge in [-0.05, 0) is 13.3 Å². The lowest BCUT2D eigenvalue weighted by atomic mass is 10.3. The van der Waals surface area contributed by atoms with Crippen LogP contribution in [0, 0.1) is 0 Å². The molecule has 0 aromatic heterocycles. The van der Waals surface area contributed by atoms with E-state index in [2.05, 4.69) is 24.0 Å². The highest BCUT2D eigenvalue weighted by molar-refractivity contribution is 4.78. The molecule has 2 heteroatoms. The molecule has 0 aliphatic carbocycles. The molecule has 0 unspecified atom stereocenters. The minimum absolute atomic E-state index is 0.913. The van der Waals surface area contributed by atoms with E-state index in [4.69, 9.17) is 4.74 Å². The zero-order valence-electron chi connectivity index (χ0n) is 7.25. The van der Waals surface area contributed by atoms with Crippen molar-refractivity contribution in [2.24, 2.45) is 0 Å². The highest BCUT2D eigenvalue weighted by atomic mass is 16.5. The van der Waals surface area contributed by atoms with Crippen molar-refractivity contribution >= 4 is 0 Å². The van der Waals surface area contributed by atoms with Gasteiger partial charge in [-0.15, -0.1) is 0 Å². The van der Waals surface area contributed by atoms with Gasteiger partial charge in [0.1, 0.15) is 0 Å². The number of ether oxygens (including phenoxy) is 1. The molecule has 0 saturated carbocycles. The third-order valence-electron chi connectivity index (χ3n) is 1.95. The van der Waals surface area contributed by atoms with Crippen molar-refractivity contribution in [2.75, 3.05) is 32.8 Å². The lowest BCUT2D eigenvalue weighted by Gasteiger charge is -2.25. The second-order valence-electron chi connectivity index (χ2n) is 2.81. The van der Waals surface area contributed by atoms with Gasteiger partial charge in [-0.1, -0.05) is 12.2 Å². The van der Waals surface area contributed by atoms with E-state index in [9.17, 15) is 0 Å². The molecule has 2 nitrogen and oxygen atoms in total. The van der Waals surface area contributed by atoms with Crippen LogP contribution in [0.4, 0.5) is 0 Å². The quantitative estimate of drug-likeness (QED) is 0.569. The average Bonchev–Trinajstić information content (AvgIpc) is 2.07.